The summed E-state index contributed by atoms with van der Waals surface area (Å²) in [4.78, 5) is 22.1. The molecule has 1 amide bonds. The SMILES string of the molecule is O=C(CCN1CCCC1c1nc2ccc(F)cc2[nH]1)Nc1ccccc1F. The lowest BCUT2D eigenvalue weighted by Crippen LogP contribution is -2.28. The van der Waals surface area contributed by atoms with E-state index in [4.69, 9.17) is 0 Å². The second-order valence-electron chi connectivity index (χ2n) is 6.76. The summed E-state index contributed by atoms with van der Waals surface area (Å²) >= 11 is 0. The average molecular weight is 370 g/mol. The van der Waals surface area contributed by atoms with Gasteiger partial charge in [0.25, 0.3) is 0 Å². The molecule has 1 saturated heterocycles. The van der Waals surface area contributed by atoms with Gasteiger partial charge in [-0.3, -0.25) is 9.69 Å². The second kappa shape index (κ2) is 7.44. The number of nitrogens with zero attached hydrogens (tertiary/aromatic N) is 2. The van der Waals surface area contributed by atoms with Crippen LogP contribution in [0.5, 0.6) is 0 Å². The zero-order valence-electron chi connectivity index (χ0n) is 14.7. The molecule has 0 aliphatic carbocycles. The number of carbonyl (C=O) groups excluding carboxylic acids is 1. The molecule has 1 aromatic heterocycles. The molecule has 4 rings (SSSR count). The number of imidazole rings is 1. The van der Waals surface area contributed by atoms with Crippen molar-refractivity contribution < 1.29 is 13.6 Å². The quantitative estimate of drug-likeness (QED) is 0.713. The van der Waals surface area contributed by atoms with E-state index >= 15 is 0 Å². The summed E-state index contributed by atoms with van der Waals surface area (Å²) in [6, 6.07) is 10.7. The number of aromatic amines is 1. The third-order valence-electron chi connectivity index (χ3n) is 4.92. The number of halogens is 2. The highest BCUT2D eigenvalue weighted by molar-refractivity contribution is 5.90. The highest BCUT2D eigenvalue weighted by Gasteiger charge is 2.28. The number of H-pyrrole nitrogens is 1. The van der Waals surface area contributed by atoms with Crippen molar-refractivity contribution in [3.63, 3.8) is 0 Å². The van der Waals surface area contributed by atoms with Gasteiger partial charge in [-0.1, -0.05) is 12.1 Å². The zero-order chi connectivity index (χ0) is 18.8. The third-order valence-corrected chi connectivity index (χ3v) is 4.92. The Labute approximate surface area is 155 Å². The summed E-state index contributed by atoms with van der Waals surface area (Å²) in [5.41, 5.74) is 1.60. The van der Waals surface area contributed by atoms with E-state index in [1.165, 1.54) is 18.2 Å². The first kappa shape index (κ1) is 17.6. The first-order valence-electron chi connectivity index (χ1n) is 9.04. The number of likely N-dealkylation sites (tertiary alicyclic amines) is 1. The maximum absolute atomic E-state index is 13.6. The van der Waals surface area contributed by atoms with Crippen LogP contribution in [0.4, 0.5) is 14.5 Å². The van der Waals surface area contributed by atoms with Crippen LogP contribution in [0.3, 0.4) is 0 Å². The minimum absolute atomic E-state index is 0.0710. The number of carbonyl (C=O) groups is 1. The van der Waals surface area contributed by atoms with Gasteiger partial charge in [0.1, 0.15) is 17.5 Å². The Bertz CT molecular complexity index is 972. The minimum Gasteiger partial charge on any atom is -0.341 e. The van der Waals surface area contributed by atoms with Crippen molar-refractivity contribution in [3.05, 3.63) is 59.9 Å². The Morgan fingerprint density at radius 1 is 1.26 bits per heavy atom. The van der Waals surface area contributed by atoms with Gasteiger partial charge in [0, 0.05) is 13.0 Å². The number of anilines is 1. The fraction of sp³-hybridized carbons (Fsp3) is 0.300. The van der Waals surface area contributed by atoms with Gasteiger partial charge in [0.2, 0.25) is 5.91 Å². The van der Waals surface area contributed by atoms with Crippen LogP contribution in [-0.2, 0) is 4.79 Å². The molecule has 2 N–H and O–H groups in total. The molecular formula is C20H20F2N4O. The molecular weight excluding hydrogens is 350 g/mol. The second-order valence-corrected chi connectivity index (χ2v) is 6.76. The van der Waals surface area contributed by atoms with Crippen molar-refractivity contribution in [1.29, 1.82) is 0 Å². The number of hydrogen-bond donors (Lipinski definition) is 2. The summed E-state index contributed by atoms with van der Waals surface area (Å²) in [6.07, 6.45) is 2.20. The van der Waals surface area contributed by atoms with E-state index < -0.39 is 5.82 Å². The van der Waals surface area contributed by atoms with Gasteiger partial charge < -0.3 is 10.3 Å². The number of rotatable bonds is 5. The number of nitrogens with one attached hydrogen (secondary N) is 2. The van der Waals surface area contributed by atoms with Gasteiger partial charge in [0.05, 0.1) is 22.8 Å². The van der Waals surface area contributed by atoms with Crippen LogP contribution in [0, 0.1) is 11.6 Å². The molecule has 0 radical (unpaired) electrons. The first-order chi connectivity index (χ1) is 13.1. The van der Waals surface area contributed by atoms with Gasteiger partial charge in [-0.05, 0) is 49.7 Å². The number of para-hydroxylation sites is 1. The Morgan fingerprint density at radius 3 is 2.96 bits per heavy atom. The van der Waals surface area contributed by atoms with E-state index in [-0.39, 0.29) is 29.9 Å². The van der Waals surface area contributed by atoms with Crippen LogP contribution < -0.4 is 5.32 Å². The lowest BCUT2D eigenvalue weighted by molar-refractivity contribution is -0.116. The minimum atomic E-state index is -0.445. The molecule has 5 nitrogen and oxygen atoms in total. The monoisotopic (exact) mass is 370 g/mol. The number of hydrogen-bond acceptors (Lipinski definition) is 3. The zero-order valence-corrected chi connectivity index (χ0v) is 14.7. The highest BCUT2D eigenvalue weighted by Crippen LogP contribution is 2.31. The van der Waals surface area contributed by atoms with Crippen molar-refractivity contribution in [2.75, 3.05) is 18.4 Å². The summed E-state index contributed by atoms with van der Waals surface area (Å²) in [7, 11) is 0. The van der Waals surface area contributed by atoms with Crippen molar-refractivity contribution in [2.24, 2.45) is 0 Å². The summed E-state index contributed by atoms with van der Waals surface area (Å²) in [5.74, 6) is -0.176. The van der Waals surface area contributed by atoms with E-state index in [0.29, 0.717) is 12.1 Å². The molecule has 1 aliphatic heterocycles. The lowest BCUT2D eigenvalue weighted by atomic mass is 10.2. The molecule has 3 aromatic rings. The fourth-order valence-electron chi connectivity index (χ4n) is 3.58. The summed E-state index contributed by atoms with van der Waals surface area (Å²) in [5, 5.41) is 2.61. The Balaban J connectivity index is 1.40. The molecule has 27 heavy (non-hydrogen) atoms. The van der Waals surface area contributed by atoms with Gasteiger partial charge in [-0.2, -0.15) is 0 Å². The maximum atomic E-state index is 13.6. The first-order valence-corrected chi connectivity index (χ1v) is 9.04. The Morgan fingerprint density at radius 2 is 2.11 bits per heavy atom. The van der Waals surface area contributed by atoms with E-state index in [9.17, 15) is 13.6 Å². The van der Waals surface area contributed by atoms with Crippen molar-refractivity contribution in [2.45, 2.75) is 25.3 Å². The normalized spacial score (nSPS) is 17.5. The molecule has 1 fully saturated rings. The smallest absolute Gasteiger partial charge is 0.225 e. The molecule has 0 saturated carbocycles. The van der Waals surface area contributed by atoms with Crippen molar-refractivity contribution in [1.82, 2.24) is 14.9 Å². The van der Waals surface area contributed by atoms with E-state index in [1.54, 1.807) is 24.3 Å². The van der Waals surface area contributed by atoms with Crippen LogP contribution >= 0.6 is 0 Å². The van der Waals surface area contributed by atoms with Crippen LogP contribution in [0.25, 0.3) is 11.0 Å². The molecule has 1 atom stereocenters. The average Bonchev–Trinajstić information content (AvgIpc) is 3.27. The standard InChI is InChI=1S/C20H20F2N4O/c21-13-7-8-16-17(12-13)25-20(24-16)18-6-3-10-26(18)11-9-19(27)23-15-5-2-1-4-14(15)22/h1-2,4-5,7-8,12,18H,3,6,9-11H2,(H,23,27)(H,24,25). The lowest BCUT2D eigenvalue weighted by Gasteiger charge is -2.22. The Kier molecular flexibility index (Phi) is 4.85. The van der Waals surface area contributed by atoms with E-state index in [2.05, 4.69) is 20.2 Å². The highest BCUT2D eigenvalue weighted by atomic mass is 19.1. The molecule has 2 heterocycles. The molecule has 0 bridgehead atoms. The third kappa shape index (κ3) is 3.83. The van der Waals surface area contributed by atoms with Crippen molar-refractivity contribution in [3.8, 4) is 0 Å². The largest absolute Gasteiger partial charge is 0.341 e. The molecule has 0 spiro atoms. The van der Waals surface area contributed by atoms with E-state index in [0.717, 1.165) is 30.7 Å². The predicted molar refractivity (Wildman–Crippen MR) is 99.2 cm³/mol. The van der Waals surface area contributed by atoms with Crippen LogP contribution in [0.15, 0.2) is 42.5 Å². The number of amides is 1. The number of benzene rings is 2. The summed E-state index contributed by atoms with van der Waals surface area (Å²) < 4.78 is 27.0. The summed E-state index contributed by atoms with van der Waals surface area (Å²) in [6.45, 7) is 1.42. The molecule has 140 valence electrons. The van der Waals surface area contributed by atoms with Gasteiger partial charge in [-0.15, -0.1) is 0 Å². The topological polar surface area (TPSA) is 61.0 Å². The van der Waals surface area contributed by atoms with Crippen molar-refractivity contribution >= 4 is 22.6 Å². The predicted octanol–water partition coefficient (Wildman–Crippen LogP) is 4.01. The van der Waals surface area contributed by atoms with Crippen LogP contribution in [0.1, 0.15) is 31.1 Å². The van der Waals surface area contributed by atoms with Gasteiger partial charge in [0.15, 0.2) is 0 Å². The number of aromatic nitrogens is 2. The Hall–Kier alpha value is -2.80. The van der Waals surface area contributed by atoms with Gasteiger partial charge >= 0.3 is 0 Å². The van der Waals surface area contributed by atoms with Crippen LogP contribution in [-0.4, -0.2) is 33.9 Å². The van der Waals surface area contributed by atoms with Crippen LogP contribution in [0.2, 0.25) is 0 Å². The van der Waals surface area contributed by atoms with E-state index in [1.807, 2.05) is 0 Å². The molecule has 7 heteroatoms. The molecule has 1 unspecified atom stereocenters. The fourth-order valence-corrected chi connectivity index (χ4v) is 3.58. The molecule has 1 aliphatic rings. The molecule has 2 aromatic carbocycles. The maximum Gasteiger partial charge on any atom is 0.225 e. The number of fused-ring (bicyclic) bond motifs is 1. The van der Waals surface area contributed by atoms with Gasteiger partial charge in [-0.25, -0.2) is 13.8 Å².